The van der Waals surface area contributed by atoms with Gasteiger partial charge in [-0.3, -0.25) is 18.6 Å². The minimum Gasteiger partial charge on any atom is -0.283 e. The van der Waals surface area contributed by atoms with Crippen LogP contribution in [0.4, 0.5) is 0 Å². The number of thioether (sulfide) groups is 1. The summed E-state index contributed by atoms with van der Waals surface area (Å²) in [4.78, 5) is 37.2. The first kappa shape index (κ1) is 19.1. The van der Waals surface area contributed by atoms with E-state index < -0.39 is 0 Å². The highest BCUT2D eigenvalue weighted by Crippen LogP contribution is 2.29. The van der Waals surface area contributed by atoms with E-state index in [-0.39, 0.29) is 11.1 Å². The molecule has 0 aliphatic heterocycles. The Morgan fingerprint density at radius 1 is 1.25 bits per heavy atom. The molecule has 4 aromatic rings. The fourth-order valence-corrected chi connectivity index (χ4v) is 5.88. The molecule has 0 N–H and O–H groups in total. The molecule has 4 aromatic heterocycles. The van der Waals surface area contributed by atoms with Crippen molar-refractivity contribution in [2.75, 3.05) is 0 Å². The summed E-state index contributed by atoms with van der Waals surface area (Å²) in [6, 6.07) is 1.55. The summed E-state index contributed by atoms with van der Waals surface area (Å²) in [5, 5.41) is 3.21. The standard InChI is InChI=1S/C19H18N4O2S3/c1-5-6-22-17(25)15-11(3)12(4)28-16(15)21-18(22)27-9-13-7-14(24)23-10(2)8-26-19(23)20-13/h5,7-8H,1,6,9H2,2-4H3. The smallest absolute Gasteiger partial charge is 0.263 e. The van der Waals surface area contributed by atoms with Gasteiger partial charge in [0.15, 0.2) is 10.1 Å². The maximum atomic E-state index is 13.0. The molecule has 0 saturated heterocycles. The molecule has 0 aromatic carbocycles. The third kappa shape index (κ3) is 3.13. The van der Waals surface area contributed by atoms with Gasteiger partial charge >= 0.3 is 0 Å². The largest absolute Gasteiger partial charge is 0.283 e. The first-order chi connectivity index (χ1) is 13.4. The second-order valence-electron chi connectivity index (χ2n) is 6.43. The lowest BCUT2D eigenvalue weighted by molar-refractivity contribution is 0.672. The molecule has 4 heterocycles. The molecule has 28 heavy (non-hydrogen) atoms. The van der Waals surface area contributed by atoms with E-state index in [2.05, 4.69) is 11.6 Å². The molecule has 0 spiro atoms. The van der Waals surface area contributed by atoms with Gasteiger partial charge in [0.1, 0.15) is 4.83 Å². The Bertz CT molecular complexity index is 1340. The van der Waals surface area contributed by atoms with Crippen LogP contribution in [-0.2, 0) is 12.3 Å². The first-order valence-electron chi connectivity index (χ1n) is 8.61. The van der Waals surface area contributed by atoms with E-state index in [1.54, 1.807) is 21.1 Å². The zero-order valence-electron chi connectivity index (χ0n) is 15.7. The quantitative estimate of drug-likeness (QED) is 0.273. The van der Waals surface area contributed by atoms with Crippen LogP contribution in [0, 0.1) is 20.8 Å². The van der Waals surface area contributed by atoms with Crippen LogP contribution in [0.25, 0.3) is 15.2 Å². The summed E-state index contributed by atoms with van der Waals surface area (Å²) in [7, 11) is 0. The topological polar surface area (TPSA) is 69.3 Å². The van der Waals surface area contributed by atoms with Crippen LogP contribution in [-0.4, -0.2) is 18.9 Å². The van der Waals surface area contributed by atoms with Crippen LogP contribution in [0.2, 0.25) is 0 Å². The second-order valence-corrected chi connectivity index (χ2v) is 9.41. The van der Waals surface area contributed by atoms with Gasteiger partial charge < -0.3 is 0 Å². The van der Waals surface area contributed by atoms with Crippen molar-refractivity contribution in [3.63, 3.8) is 0 Å². The number of aromatic nitrogens is 4. The molecule has 0 bridgehead atoms. The molecular weight excluding hydrogens is 412 g/mol. The molecule has 0 aliphatic rings. The minimum absolute atomic E-state index is 0.0494. The van der Waals surface area contributed by atoms with Gasteiger partial charge in [-0.15, -0.1) is 29.3 Å². The maximum Gasteiger partial charge on any atom is 0.263 e. The van der Waals surface area contributed by atoms with Crippen LogP contribution in [0.5, 0.6) is 0 Å². The molecule has 6 nitrogen and oxygen atoms in total. The molecule has 4 rings (SSSR count). The van der Waals surface area contributed by atoms with Crippen molar-refractivity contribution in [1.29, 1.82) is 0 Å². The van der Waals surface area contributed by atoms with Gasteiger partial charge in [0.05, 0.1) is 11.1 Å². The number of thiazole rings is 1. The molecule has 0 amide bonds. The molecule has 0 fully saturated rings. The minimum atomic E-state index is -0.0873. The number of aryl methyl sites for hydroxylation is 3. The third-order valence-corrected chi connectivity index (χ3v) is 7.60. The lowest BCUT2D eigenvalue weighted by Gasteiger charge is -2.10. The van der Waals surface area contributed by atoms with Crippen LogP contribution in [0.3, 0.4) is 0 Å². The molecule has 0 unspecified atom stereocenters. The van der Waals surface area contributed by atoms with Crippen LogP contribution in [0.1, 0.15) is 21.8 Å². The fourth-order valence-electron chi connectivity index (χ4n) is 3.02. The van der Waals surface area contributed by atoms with Crippen LogP contribution >= 0.6 is 34.4 Å². The van der Waals surface area contributed by atoms with Gasteiger partial charge in [0, 0.05) is 34.3 Å². The van der Waals surface area contributed by atoms with Gasteiger partial charge in [0.2, 0.25) is 0 Å². The van der Waals surface area contributed by atoms with Crippen molar-refractivity contribution in [3.8, 4) is 0 Å². The van der Waals surface area contributed by atoms with Gasteiger partial charge in [0.25, 0.3) is 11.1 Å². The Kier molecular flexibility index (Phi) is 4.98. The highest BCUT2D eigenvalue weighted by atomic mass is 32.2. The lowest BCUT2D eigenvalue weighted by atomic mass is 10.2. The van der Waals surface area contributed by atoms with E-state index in [1.165, 1.54) is 34.4 Å². The fraction of sp³-hybridized carbons (Fsp3) is 0.263. The molecule has 0 aliphatic carbocycles. The summed E-state index contributed by atoms with van der Waals surface area (Å²) in [5.41, 5.74) is 2.41. The number of nitrogens with zero attached hydrogens (tertiary/aromatic N) is 4. The predicted octanol–water partition coefficient (Wildman–Crippen LogP) is 3.93. The SMILES string of the molecule is C=CCn1c(SCc2cc(=O)n3c(C)csc3n2)nc2sc(C)c(C)c2c1=O. The number of thiophene rings is 1. The Morgan fingerprint density at radius 3 is 2.79 bits per heavy atom. The van der Waals surface area contributed by atoms with E-state index in [1.807, 2.05) is 26.2 Å². The number of fused-ring (bicyclic) bond motifs is 2. The summed E-state index contributed by atoms with van der Waals surface area (Å²) in [6.07, 6.45) is 1.69. The van der Waals surface area contributed by atoms with E-state index in [0.717, 1.165) is 21.0 Å². The van der Waals surface area contributed by atoms with Gasteiger partial charge in [-0.05, 0) is 26.3 Å². The molecule has 9 heteroatoms. The number of rotatable bonds is 5. The molecule has 0 saturated carbocycles. The summed E-state index contributed by atoms with van der Waals surface area (Å²) >= 11 is 4.39. The molecular formula is C19H18N4O2S3. The number of allylic oxidation sites excluding steroid dienone is 1. The Balaban J connectivity index is 1.75. The zero-order valence-corrected chi connectivity index (χ0v) is 18.1. The monoisotopic (exact) mass is 430 g/mol. The molecule has 0 atom stereocenters. The second kappa shape index (κ2) is 7.31. The maximum absolute atomic E-state index is 13.0. The predicted molar refractivity (Wildman–Crippen MR) is 117 cm³/mol. The highest BCUT2D eigenvalue weighted by molar-refractivity contribution is 7.98. The summed E-state index contributed by atoms with van der Waals surface area (Å²) < 4.78 is 3.24. The van der Waals surface area contributed by atoms with E-state index in [4.69, 9.17) is 4.98 Å². The Labute approximate surface area is 173 Å². The molecule has 0 radical (unpaired) electrons. The average Bonchev–Trinajstić information content (AvgIpc) is 3.16. The van der Waals surface area contributed by atoms with Crippen molar-refractivity contribution in [2.24, 2.45) is 0 Å². The Morgan fingerprint density at radius 2 is 2.04 bits per heavy atom. The van der Waals surface area contributed by atoms with Gasteiger partial charge in [-0.1, -0.05) is 17.8 Å². The normalized spacial score (nSPS) is 11.5. The number of hydrogen-bond acceptors (Lipinski definition) is 7. The summed E-state index contributed by atoms with van der Waals surface area (Å²) in [5.74, 6) is 0.459. The van der Waals surface area contributed by atoms with Crippen molar-refractivity contribution < 1.29 is 0 Å². The first-order valence-corrected chi connectivity index (χ1v) is 11.3. The van der Waals surface area contributed by atoms with Crippen molar-refractivity contribution in [3.05, 3.63) is 66.6 Å². The van der Waals surface area contributed by atoms with E-state index in [9.17, 15) is 9.59 Å². The van der Waals surface area contributed by atoms with Crippen LogP contribution < -0.4 is 11.1 Å². The lowest BCUT2D eigenvalue weighted by Crippen LogP contribution is -2.22. The van der Waals surface area contributed by atoms with E-state index in [0.29, 0.717) is 33.5 Å². The van der Waals surface area contributed by atoms with Crippen LogP contribution in [0.15, 0.2) is 38.8 Å². The number of hydrogen-bond donors (Lipinski definition) is 0. The van der Waals surface area contributed by atoms with E-state index >= 15 is 0 Å². The Hall–Kier alpha value is -2.23. The molecule has 144 valence electrons. The van der Waals surface area contributed by atoms with Crippen molar-refractivity contribution >= 4 is 49.6 Å². The highest BCUT2D eigenvalue weighted by Gasteiger charge is 2.17. The van der Waals surface area contributed by atoms with Crippen molar-refractivity contribution in [1.82, 2.24) is 18.9 Å². The average molecular weight is 431 g/mol. The van der Waals surface area contributed by atoms with Crippen molar-refractivity contribution in [2.45, 2.75) is 38.2 Å². The summed E-state index contributed by atoms with van der Waals surface area (Å²) in [6.45, 7) is 10.00. The van der Waals surface area contributed by atoms with Gasteiger partial charge in [-0.25, -0.2) is 9.97 Å². The van der Waals surface area contributed by atoms with Gasteiger partial charge in [-0.2, -0.15) is 0 Å². The third-order valence-electron chi connectivity index (χ3n) is 4.54. The zero-order chi connectivity index (χ0) is 20.0.